The van der Waals surface area contributed by atoms with Crippen LogP contribution in [-0.2, 0) is 11.8 Å². The Labute approximate surface area is 135 Å². The molecule has 0 aliphatic rings. The van der Waals surface area contributed by atoms with Crippen molar-refractivity contribution in [2.24, 2.45) is 0 Å². The minimum Gasteiger partial charge on any atom is -0.246 e. The zero-order chi connectivity index (χ0) is 14.8. The summed E-state index contributed by atoms with van der Waals surface area (Å²) in [6, 6.07) is 8.49. The topological polar surface area (TPSA) is 12.9 Å². The van der Waals surface area contributed by atoms with Crippen LogP contribution in [0, 0.1) is 20.8 Å². The molecule has 108 valence electrons. The van der Waals surface area contributed by atoms with E-state index < -0.39 is 0 Å². The molecule has 0 aliphatic heterocycles. The summed E-state index contributed by atoms with van der Waals surface area (Å²) in [6.45, 7) is 6.23. The van der Waals surface area contributed by atoms with Gasteiger partial charge in [0.2, 0.25) is 0 Å². The minimum atomic E-state index is -0.243. The number of halogens is 2. The number of alkyl halides is 2. The Morgan fingerprint density at radius 2 is 1.65 bits per heavy atom. The fourth-order valence-corrected chi connectivity index (χ4v) is 4.06. The number of thiazole rings is 1. The summed E-state index contributed by atoms with van der Waals surface area (Å²) >= 11 is 14.3. The van der Waals surface area contributed by atoms with Crippen molar-refractivity contribution in [2.45, 2.75) is 32.6 Å². The van der Waals surface area contributed by atoms with Crippen molar-refractivity contribution in [2.75, 3.05) is 11.8 Å². The number of benzene rings is 1. The maximum Gasteiger partial charge on any atom is 0.0940 e. The van der Waals surface area contributed by atoms with E-state index in [1.165, 1.54) is 16.0 Å². The van der Waals surface area contributed by atoms with E-state index in [1.807, 2.05) is 6.92 Å². The predicted molar refractivity (Wildman–Crippen MR) is 89.6 cm³/mol. The summed E-state index contributed by atoms with van der Waals surface area (Å²) in [6.07, 6.45) is 0.794. The molecule has 4 heteroatoms. The molecular formula is C16H19Cl2NS. The summed E-state index contributed by atoms with van der Waals surface area (Å²) in [5.74, 6) is 0.995. The second-order valence-corrected chi connectivity index (χ2v) is 7.16. The van der Waals surface area contributed by atoms with Gasteiger partial charge >= 0.3 is 0 Å². The largest absolute Gasteiger partial charge is 0.246 e. The van der Waals surface area contributed by atoms with Crippen LogP contribution in [0.4, 0.5) is 0 Å². The Hall–Kier alpha value is -0.570. The fraction of sp³-hybridized carbons (Fsp3) is 0.438. The van der Waals surface area contributed by atoms with E-state index in [0.717, 1.165) is 17.1 Å². The summed E-state index contributed by atoms with van der Waals surface area (Å²) in [7, 11) is 0. The molecule has 1 aromatic carbocycles. The van der Waals surface area contributed by atoms with Crippen molar-refractivity contribution in [3.63, 3.8) is 0 Å². The quantitative estimate of drug-likeness (QED) is 0.702. The summed E-state index contributed by atoms with van der Waals surface area (Å²) in [5.41, 5.74) is 3.30. The van der Waals surface area contributed by atoms with Crippen LogP contribution in [-0.4, -0.2) is 16.7 Å². The van der Waals surface area contributed by atoms with Gasteiger partial charge in [0.1, 0.15) is 0 Å². The minimum absolute atomic E-state index is 0.243. The van der Waals surface area contributed by atoms with Gasteiger partial charge in [-0.25, -0.2) is 4.98 Å². The molecule has 0 saturated heterocycles. The van der Waals surface area contributed by atoms with E-state index in [9.17, 15) is 0 Å². The maximum atomic E-state index is 6.29. The Balaban J connectivity index is 2.36. The van der Waals surface area contributed by atoms with Crippen molar-refractivity contribution < 1.29 is 0 Å². The Kier molecular flexibility index (Phi) is 5.11. The van der Waals surface area contributed by atoms with Gasteiger partial charge in [-0.15, -0.1) is 34.5 Å². The molecule has 0 spiro atoms. The predicted octanol–water partition coefficient (Wildman–Crippen LogP) is 5.03. The molecule has 0 atom stereocenters. The molecule has 0 aliphatic carbocycles. The zero-order valence-corrected chi connectivity index (χ0v) is 14.4. The Morgan fingerprint density at radius 3 is 2.10 bits per heavy atom. The highest BCUT2D eigenvalue weighted by Crippen LogP contribution is 2.33. The first-order chi connectivity index (χ1) is 9.50. The molecule has 1 nitrogen and oxygen atoms in total. The number of rotatable bonds is 5. The molecule has 2 aromatic rings. The van der Waals surface area contributed by atoms with Crippen LogP contribution < -0.4 is 0 Å². The molecule has 0 fully saturated rings. The van der Waals surface area contributed by atoms with Crippen LogP contribution in [0.25, 0.3) is 0 Å². The summed E-state index contributed by atoms with van der Waals surface area (Å²) < 4.78 is 0. The fourth-order valence-electron chi connectivity index (χ4n) is 2.20. The lowest BCUT2D eigenvalue weighted by Crippen LogP contribution is -2.33. The smallest absolute Gasteiger partial charge is 0.0940 e. The molecule has 0 radical (unpaired) electrons. The molecule has 0 unspecified atom stereocenters. The third-order valence-electron chi connectivity index (χ3n) is 3.74. The normalized spacial score (nSPS) is 11.8. The zero-order valence-electron chi connectivity index (χ0n) is 12.0. The molecule has 20 heavy (non-hydrogen) atoms. The molecule has 2 rings (SSSR count). The number of hydrogen-bond acceptors (Lipinski definition) is 2. The van der Waals surface area contributed by atoms with Gasteiger partial charge in [-0.05, 0) is 26.3 Å². The summed E-state index contributed by atoms with van der Waals surface area (Å²) in [4.78, 5) is 5.90. The lowest BCUT2D eigenvalue weighted by Gasteiger charge is -2.29. The van der Waals surface area contributed by atoms with Crippen molar-refractivity contribution >= 4 is 34.5 Å². The maximum absolute atomic E-state index is 6.29. The van der Waals surface area contributed by atoms with Crippen LogP contribution in [0.5, 0.6) is 0 Å². The van der Waals surface area contributed by atoms with Gasteiger partial charge in [0.15, 0.2) is 0 Å². The average Bonchev–Trinajstić information content (AvgIpc) is 2.76. The van der Waals surface area contributed by atoms with Gasteiger partial charge in [-0.1, -0.05) is 29.8 Å². The Bertz CT molecular complexity index is 551. The highest BCUT2D eigenvalue weighted by Gasteiger charge is 2.32. The van der Waals surface area contributed by atoms with E-state index in [4.69, 9.17) is 23.2 Å². The standard InChI is InChI=1S/C16H19Cl2NS/c1-11-4-6-14(7-5-11)16(9-17,10-18)8-15-19-12(2)13(3)20-15/h4-7H,8-10H2,1-3H3. The number of aryl methyl sites for hydroxylation is 3. The van der Waals surface area contributed by atoms with Crippen molar-refractivity contribution in [1.82, 2.24) is 4.98 Å². The van der Waals surface area contributed by atoms with Crippen LogP contribution in [0.2, 0.25) is 0 Å². The first-order valence-corrected chi connectivity index (χ1v) is 8.51. The molecule has 1 heterocycles. The number of hydrogen-bond donors (Lipinski definition) is 0. The molecule has 1 aromatic heterocycles. The van der Waals surface area contributed by atoms with Crippen molar-refractivity contribution in [3.05, 3.63) is 51.0 Å². The van der Waals surface area contributed by atoms with Gasteiger partial charge in [-0.2, -0.15) is 0 Å². The molecule has 0 N–H and O–H groups in total. The van der Waals surface area contributed by atoms with Crippen molar-refractivity contribution in [1.29, 1.82) is 0 Å². The first kappa shape index (κ1) is 15.8. The Morgan fingerprint density at radius 1 is 1.05 bits per heavy atom. The molecule has 0 saturated carbocycles. The average molecular weight is 328 g/mol. The molecule has 0 bridgehead atoms. The van der Waals surface area contributed by atoms with Gasteiger partial charge in [0.25, 0.3) is 0 Å². The van der Waals surface area contributed by atoms with Gasteiger partial charge in [-0.3, -0.25) is 0 Å². The van der Waals surface area contributed by atoms with Crippen LogP contribution in [0.3, 0.4) is 0 Å². The van der Waals surface area contributed by atoms with E-state index in [-0.39, 0.29) is 5.41 Å². The summed E-state index contributed by atoms with van der Waals surface area (Å²) in [5, 5.41) is 1.11. The molecular weight excluding hydrogens is 309 g/mol. The van der Waals surface area contributed by atoms with E-state index in [0.29, 0.717) is 11.8 Å². The van der Waals surface area contributed by atoms with Gasteiger partial charge < -0.3 is 0 Å². The van der Waals surface area contributed by atoms with E-state index >= 15 is 0 Å². The number of nitrogens with zero attached hydrogens (tertiary/aromatic N) is 1. The van der Waals surface area contributed by atoms with Gasteiger partial charge in [0.05, 0.1) is 10.7 Å². The van der Waals surface area contributed by atoms with Gasteiger partial charge in [0, 0.05) is 28.5 Å². The first-order valence-electron chi connectivity index (χ1n) is 6.63. The lowest BCUT2D eigenvalue weighted by atomic mass is 9.81. The monoisotopic (exact) mass is 327 g/mol. The van der Waals surface area contributed by atoms with E-state index in [1.54, 1.807) is 11.3 Å². The third-order valence-corrected chi connectivity index (χ3v) is 5.83. The SMILES string of the molecule is Cc1ccc(C(CCl)(CCl)Cc2nc(C)c(C)s2)cc1. The lowest BCUT2D eigenvalue weighted by molar-refractivity contribution is 0.534. The third kappa shape index (κ3) is 3.19. The van der Waals surface area contributed by atoms with Crippen LogP contribution in [0.1, 0.15) is 26.7 Å². The number of aromatic nitrogens is 1. The highest BCUT2D eigenvalue weighted by molar-refractivity contribution is 7.11. The van der Waals surface area contributed by atoms with Crippen molar-refractivity contribution in [3.8, 4) is 0 Å². The molecule has 0 amide bonds. The highest BCUT2D eigenvalue weighted by atomic mass is 35.5. The van der Waals surface area contributed by atoms with E-state index in [2.05, 4.69) is 43.1 Å². The second-order valence-electron chi connectivity index (χ2n) is 5.34. The van der Waals surface area contributed by atoms with Crippen LogP contribution >= 0.6 is 34.5 Å². The second kappa shape index (κ2) is 6.46. The van der Waals surface area contributed by atoms with Crippen LogP contribution in [0.15, 0.2) is 24.3 Å².